The summed E-state index contributed by atoms with van der Waals surface area (Å²) in [7, 11) is 1.68. The molecule has 0 aromatic carbocycles. The standard InChI is InChI=1S/C14H27N3OS/c1-10-6-12(8-14(3,4)7-10)16-17-13(19)15-11(2)9-18-5/h10-11H,6-9H2,1-5H3,(H2,15,17,19)/b16-12-/t10-,11-/m0/s1. The second-order valence-corrected chi connectivity index (χ2v) is 6.88. The summed E-state index contributed by atoms with van der Waals surface area (Å²) in [5, 5.41) is 8.17. The zero-order valence-corrected chi connectivity index (χ0v) is 13.6. The number of thiocarbonyl (C=S) groups is 1. The first-order valence-electron chi connectivity index (χ1n) is 6.93. The number of hydrogen-bond acceptors (Lipinski definition) is 3. The lowest BCUT2D eigenvalue weighted by Gasteiger charge is -2.34. The fourth-order valence-corrected chi connectivity index (χ4v) is 3.12. The van der Waals surface area contributed by atoms with E-state index in [1.165, 1.54) is 12.1 Å². The third kappa shape index (κ3) is 6.34. The number of hydrazone groups is 1. The molecular weight excluding hydrogens is 258 g/mol. The van der Waals surface area contributed by atoms with Gasteiger partial charge in [-0.05, 0) is 49.7 Å². The Morgan fingerprint density at radius 1 is 1.58 bits per heavy atom. The molecule has 2 atom stereocenters. The molecule has 5 heteroatoms. The van der Waals surface area contributed by atoms with Gasteiger partial charge in [0, 0.05) is 18.9 Å². The van der Waals surface area contributed by atoms with Gasteiger partial charge in [0.2, 0.25) is 0 Å². The summed E-state index contributed by atoms with van der Waals surface area (Å²) in [6, 6.07) is 0.187. The molecule has 1 aliphatic carbocycles. The quantitative estimate of drug-likeness (QED) is 0.616. The first-order chi connectivity index (χ1) is 8.82. The summed E-state index contributed by atoms with van der Waals surface area (Å²) in [4.78, 5) is 0. The molecule has 1 fully saturated rings. The van der Waals surface area contributed by atoms with Gasteiger partial charge in [0.1, 0.15) is 0 Å². The summed E-state index contributed by atoms with van der Waals surface area (Å²) in [6.07, 6.45) is 3.37. The highest BCUT2D eigenvalue weighted by atomic mass is 32.1. The van der Waals surface area contributed by atoms with E-state index < -0.39 is 0 Å². The number of nitrogens with one attached hydrogen (secondary N) is 2. The molecule has 0 aliphatic heterocycles. The van der Waals surface area contributed by atoms with E-state index in [0.29, 0.717) is 23.1 Å². The van der Waals surface area contributed by atoms with Gasteiger partial charge in [-0.1, -0.05) is 20.8 Å². The lowest BCUT2D eigenvalue weighted by Crippen LogP contribution is -2.41. The molecule has 0 radical (unpaired) electrons. The molecule has 0 unspecified atom stereocenters. The molecule has 0 aromatic heterocycles. The molecule has 110 valence electrons. The van der Waals surface area contributed by atoms with Crippen LogP contribution in [0.15, 0.2) is 5.10 Å². The third-order valence-corrected chi connectivity index (χ3v) is 3.49. The molecule has 19 heavy (non-hydrogen) atoms. The maximum atomic E-state index is 5.21. The Balaban J connectivity index is 2.45. The lowest BCUT2D eigenvalue weighted by molar-refractivity contribution is 0.179. The van der Waals surface area contributed by atoms with Gasteiger partial charge in [0.05, 0.1) is 6.61 Å². The Hall–Kier alpha value is -0.680. The van der Waals surface area contributed by atoms with Gasteiger partial charge in [0.25, 0.3) is 0 Å². The fourth-order valence-electron chi connectivity index (χ4n) is 2.88. The summed E-state index contributed by atoms with van der Waals surface area (Å²) in [6.45, 7) is 9.54. The predicted molar refractivity (Wildman–Crippen MR) is 84.4 cm³/mol. The van der Waals surface area contributed by atoms with E-state index in [1.54, 1.807) is 7.11 Å². The van der Waals surface area contributed by atoms with Crippen molar-refractivity contribution in [3.8, 4) is 0 Å². The molecule has 0 amide bonds. The predicted octanol–water partition coefficient (Wildman–Crippen LogP) is 2.69. The number of hydrogen-bond donors (Lipinski definition) is 2. The monoisotopic (exact) mass is 285 g/mol. The zero-order valence-electron chi connectivity index (χ0n) is 12.7. The van der Waals surface area contributed by atoms with Gasteiger partial charge in [-0.2, -0.15) is 5.10 Å². The number of nitrogens with zero attached hydrogens (tertiary/aromatic N) is 1. The highest BCUT2D eigenvalue weighted by molar-refractivity contribution is 7.80. The molecule has 0 bridgehead atoms. The maximum absolute atomic E-state index is 5.21. The van der Waals surface area contributed by atoms with Gasteiger partial charge < -0.3 is 10.1 Å². The minimum atomic E-state index is 0.187. The van der Waals surface area contributed by atoms with Crippen LogP contribution in [-0.2, 0) is 4.74 Å². The van der Waals surface area contributed by atoms with Gasteiger partial charge in [-0.15, -0.1) is 0 Å². The van der Waals surface area contributed by atoms with Crippen LogP contribution in [0.25, 0.3) is 0 Å². The van der Waals surface area contributed by atoms with Crippen molar-refractivity contribution in [1.29, 1.82) is 0 Å². The average molecular weight is 285 g/mol. The van der Waals surface area contributed by atoms with E-state index in [9.17, 15) is 0 Å². The highest BCUT2D eigenvalue weighted by Crippen LogP contribution is 2.36. The van der Waals surface area contributed by atoms with E-state index >= 15 is 0 Å². The van der Waals surface area contributed by atoms with Crippen LogP contribution in [-0.4, -0.2) is 30.6 Å². The third-order valence-electron chi connectivity index (χ3n) is 3.28. The van der Waals surface area contributed by atoms with Gasteiger partial charge >= 0.3 is 0 Å². The second-order valence-electron chi connectivity index (χ2n) is 6.47. The van der Waals surface area contributed by atoms with Crippen LogP contribution in [0.4, 0.5) is 0 Å². The van der Waals surface area contributed by atoms with E-state index in [1.807, 2.05) is 6.92 Å². The summed E-state index contributed by atoms with van der Waals surface area (Å²) in [5.41, 5.74) is 4.51. The van der Waals surface area contributed by atoms with Gasteiger partial charge in [-0.25, -0.2) is 0 Å². The zero-order chi connectivity index (χ0) is 14.5. The summed E-state index contributed by atoms with van der Waals surface area (Å²) in [5.74, 6) is 0.693. The Morgan fingerprint density at radius 2 is 2.26 bits per heavy atom. The van der Waals surface area contributed by atoms with Gasteiger partial charge in [0.15, 0.2) is 5.11 Å². The van der Waals surface area contributed by atoms with Crippen molar-refractivity contribution in [2.24, 2.45) is 16.4 Å². The van der Waals surface area contributed by atoms with Crippen molar-refractivity contribution >= 4 is 23.0 Å². The van der Waals surface area contributed by atoms with E-state index in [0.717, 1.165) is 12.8 Å². The molecule has 1 saturated carbocycles. The maximum Gasteiger partial charge on any atom is 0.187 e. The first-order valence-corrected chi connectivity index (χ1v) is 7.34. The first kappa shape index (κ1) is 16.4. The Kier molecular flexibility index (Phi) is 6.20. The van der Waals surface area contributed by atoms with Crippen LogP contribution < -0.4 is 10.7 Å². The Labute approximate surface area is 122 Å². The van der Waals surface area contributed by atoms with Crippen LogP contribution in [0.3, 0.4) is 0 Å². The van der Waals surface area contributed by atoms with Gasteiger partial charge in [-0.3, -0.25) is 5.43 Å². The van der Waals surface area contributed by atoms with E-state index in [-0.39, 0.29) is 6.04 Å². The molecule has 0 spiro atoms. The topological polar surface area (TPSA) is 45.6 Å². The van der Waals surface area contributed by atoms with Crippen molar-refractivity contribution in [2.45, 2.75) is 53.0 Å². The summed E-state index contributed by atoms with van der Waals surface area (Å²) < 4.78 is 5.05. The van der Waals surface area contributed by atoms with Crippen LogP contribution in [0.2, 0.25) is 0 Å². The van der Waals surface area contributed by atoms with Crippen molar-refractivity contribution in [3.63, 3.8) is 0 Å². The van der Waals surface area contributed by atoms with Crippen LogP contribution in [0, 0.1) is 11.3 Å². The number of ether oxygens (including phenoxy) is 1. The Morgan fingerprint density at radius 3 is 2.84 bits per heavy atom. The van der Waals surface area contributed by atoms with Crippen molar-refractivity contribution in [2.75, 3.05) is 13.7 Å². The minimum Gasteiger partial charge on any atom is -0.383 e. The fraction of sp³-hybridized carbons (Fsp3) is 0.857. The minimum absolute atomic E-state index is 0.187. The Bertz CT molecular complexity index is 342. The molecule has 1 rings (SSSR count). The second kappa shape index (κ2) is 7.20. The molecule has 2 N–H and O–H groups in total. The van der Waals surface area contributed by atoms with Crippen LogP contribution >= 0.6 is 12.2 Å². The number of rotatable bonds is 4. The van der Waals surface area contributed by atoms with Crippen LogP contribution in [0.1, 0.15) is 47.0 Å². The lowest BCUT2D eigenvalue weighted by atomic mass is 9.72. The largest absolute Gasteiger partial charge is 0.383 e. The van der Waals surface area contributed by atoms with Crippen molar-refractivity contribution < 1.29 is 4.74 Å². The average Bonchev–Trinajstić information content (AvgIpc) is 2.23. The normalized spacial score (nSPS) is 25.9. The summed E-state index contributed by atoms with van der Waals surface area (Å²) >= 11 is 5.21. The molecule has 0 saturated heterocycles. The van der Waals surface area contributed by atoms with E-state index in [2.05, 4.69) is 36.6 Å². The molecular formula is C14H27N3OS. The number of methoxy groups -OCH3 is 1. The smallest absolute Gasteiger partial charge is 0.187 e. The van der Waals surface area contributed by atoms with Crippen LogP contribution in [0.5, 0.6) is 0 Å². The molecule has 0 heterocycles. The molecule has 0 aromatic rings. The van der Waals surface area contributed by atoms with Crippen molar-refractivity contribution in [3.05, 3.63) is 0 Å². The van der Waals surface area contributed by atoms with Crippen molar-refractivity contribution in [1.82, 2.24) is 10.7 Å². The molecule has 4 nitrogen and oxygen atoms in total. The highest BCUT2D eigenvalue weighted by Gasteiger charge is 2.29. The molecule has 1 aliphatic rings. The SMILES string of the molecule is COC[C@H](C)NC(=S)N/N=C1/C[C@H](C)CC(C)(C)C1. The van der Waals surface area contributed by atoms with E-state index in [4.69, 9.17) is 17.0 Å².